The smallest absolute Gasteiger partial charge is 0.0666 e. The molecule has 2 rings (SSSR count). The minimum atomic E-state index is 0.265. The van der Waals surface area contributed by atoms with Crippen molar-refractivity contribution in [3.8, 4) is 0 Å². The summed E-state index contributed by atoms with van der Waals surface area (Å²) >= 11 is 9.36. The molecule has 0 bridgehead atoms. The fourth-order valence-electron chi connectivity index (χ4n) is 1.94. The molecule has 0 saturated carbocycles. The molecular weight excluding hydrogens is 360 g/mol. The van der Waals surface area contributed by atoms with E-state index in [2.05, 4.69) is 76.9 Å². The van der Waals surface area contributed by atoms with E-state index >= 15 is 0 Å². The van der Waals surface area contributed by atoms with Gasteiger partial charge in [-0.1, -0.05) is 50.1 Å². The van der Waals surface area contributed by atoms with Crippen LogP contribution in [0.25, 0.3) is 0 Å². The molecule has 0 saturated heterocycles. The Labute approximate surface area is 123 Å². The molecule has 0 aliphatic heterocycles. The molecule has 0 nitrogen and oxygen atoms in total. The van der Waals surface area contributed by atoms with Crippen molar-refractivity contribution in [2.24, 2.45) is 0 Å². The predicted molar refractivity (Wildman–Crippen MR) is 83.4 cm³/mol. The number of halogens is 2. The van der Waals surface area contributed by atoms with E-state index < -0.39 is 0 Å². The maximum absolute atomic E-state index is 3.82. The topological polar surface area (TPSA) is 0 Å². The number of hydrogen-bond donors (Lipinski definition) is 0. The van der Waals surface area contributed by atoms with E-state index in [9.17, 15) is 0 Å². The van der Waals surface area contributed by atoms with Crippen LogP contribution in [-0.2, 0) is 0 Å². The first kappa shape index (κ1) is 13.3. The minimum absolute atomic E-state index is 0.265. The predicted octanol–water partition coefficient (Wildman–Crippen LogP) is 5.92. The van der Waals surface area contributed by atoms with E-state index in [1.165, 1.54) is 30.9 Å². The third-order valence-corrected chi connectivity index (χ3v) is 5.90. The van der Waals surface area contributed by atoms with Gasteiger partial charge >= 0.3 is 0 Å². The van der Waals surface area contributed by atoms with E-state index in [-0.39, 0.29) is 4.83 Å². The van der Waals surface area contributed by atoms with Crippen LogP contribution in [0.5, 0.6) is 0 Å². The molecule has 1 aromatic heterocycles. The van der Waals surface area contributed by atoms with Crippen molar-refractivity contribution in [1.82, 2.24) is 0 Å². The number of aryl methyl sites for hydroxylation is 3. The van der Waals surface area contributed by atoms with Gasteiger partial charge in [0.25, 0.3) is 0 Å². The van der Waals surface area contributed by atoms with Crippen molar-refractivity contribution in [1.29, 1.82) is 0 Å². The molecule has 0 aliphatic carbocycles. The maximum Gasteiger partial charge on any atom is 0.0666 e. The first-order chi connectivity index (χ1) is 8.00. The highest BCUT2D eigenvalue weighted by molar-refractivity contribution is 9.11. The highest BCUT2D eigenvalue weighted by atomic mass is 79.9. The molecule has 17 heavy (non-hydrogen) atoms. The average molecular weight is 374 g/mol. The van der Waals surface area contributed by atoms with Crippen LogP contribution in [0.3, 0.4) is 0 Å². The summed E-state index contributed by atoms with van der Waals surface area (Å²) in [4.78, 5) is 3.02. The van der Waals surface area contributed by atoms with Crippen LogP contribution in [0.4, 0.5) is 0 Å². The van der Waals surface area contributed by atoms with E-state index in [0.29, 0.717) is 0 Å². The summed E-state index contributed by atoms with van der Waals surface area (Å²) in [5, 5.41) is 0. The molecule has 0 N–H and O–H groups in total. The summed E-state index contributed by atoms with van der Waals surface area (Å²) in [5.74, 6) is 0. The second kappa shape index (κ2) is 5.25. The van der Waals surface area contributed by atoms with Crippen molar-refractivity contribution in [2.75, 3.05) is 0 Å². The van der Waals surface area contributed by atoms with Crippen LogP contribution < -0.4 is 0 Å². The molecule has 90 valence electrons. The fourth-order valence-corrected chi connectivity index (χ4v) is 4.71. The van der Waals surface area contributed by atoms with Crippen LogP contribution in [0, 0.1) is 20.8 Å². The Morgan fingerprint density at radius 3 is 2.41 bits per heavy atom. The summed E-state index contributed by atoms with van der Waals surface area (Å²) in [6.45, 7) is 6.47. The van der Waals surface area contributed by atoms with Gasteiger partial charge in [0, 0.05) is 14.2 Å². The lowest BCUT2D eigenvalue weighted by atomic mass is 10.0. The van der Waals surface area contributed by atoms with Gasteiger partial charge in [0.05, 0.1) is 4.83 Å². The highest BCUT2D eigenvalue weighted by Crippen LogP contribution is 2.40. The van der Waals surface area contributed by atoms with Crippen LogP contribution in [-0.4, -0.2) is 0 Å². The SMILES string of the molecule is Cc1cc(C(Br)c2cccc(C)c2Br)c(C)s1. The van der Waals surface area contributed by atoms with Crippen molar-refractivity contribution in [3.05, 3.63) is 55.2 Å². The van der Waals surface area contributed by atoms with Crippen LogP contribution in [0.15, 0.2) is 28.7 Å². The summed E-state index contributed by atoms with van der Waals surface area (Å²) in [6.07, 6.45) is 0. The lowest BCUT2D eigenvalue weighted by Gasteiger charge is -2.13. The Hall–Kier alpha value is -0.120. The van der Waals surface area contributed by atoms with Gasteiger partial charge in [0.2, 0.25) is 0 Å². The summed E-state index contributed by atoms with van der Waals surface area (Å²) < 4.78 is 1.20. The van der Waals surface area contributed by atoms with Gasteiger partial charge in [0.1, 0.15) is 0 Å². The van der Waals surface area contributed by atoms with Gasteiger partial charge in [-0.05, 0) is 43.5 Å². The van der Waals surface area contributed by atoms with Crippen LogP contribution in [0.2, 0.25) is 0 Å². The molecule has 0 radical (unpaired) electrons. The van der Waals surface area contributed by atoms with Crippen molar-refractivity contribution >= 4 is 43.2 Å². The largest absolute Gasteiger partial charge is 0.146 e. The van der Waals surface area contributed by atoms with Crippen molar-refractivity contribution < 1.29 is 0 Å². The standard InChI is InChI=1S/C14H14Br2S/c1-8-5-4-6-11(13(8)15)14(16)12-7-9(2)17-10(12)3/h4-7,14H,1-3H3. The van der Waals surface area contributed by atoms with E-state index in [1.54, 1.807) is 0 Å². The molecule has 0 aliphatic rings. The van der Waals surface area contributed by atoms with E-state index in [1.807, 2.05) is 11.3 Å². The molecule has 1 heterocycles. The Morgan fingerprint density at radius 1 is 1.12 bits per heavy atom. The first-order valence-electron chi connectivity index (χ1n) is 5.46. The molecule has 0 spiro atoms. The Bertz CT molecular complexity index is 543. The normalized spacial score (nSPS) is 12.8. The lowest BCUT2D eigenvalue weighted by Crippen LogP contribution is -1.95. The van der Waals surface area contributed by atoms with Crippen LogP contribution >= 0.6 is 43.2 Å². The van der Waals surface area contributed by atoms with Gasteiger partial charge < -0.3 is 0 Å². The highest BCUT2D eigenvalue weighted by Gasteiger charge is 2.17. The third kappa shape index (κ3) is 2.67. The average Bonchev–Trinajstić information content (AvgIpc) is 2.61. The van der Waals surface area contributed by atoms with Gasteiger partial charge in [0.15, 0.2) is 0 Å². The maximum atomic E-state index is 3.82. The number of rotatable bonds is 2. The van der Waals surface area contributed by atoms with Crippen LogP contribution in [0.1, 0.15) is 31.3 Å². The van der Waals surface area contributed by atoms with Crippen molar-refractivity contribution in [3.63, 3.8) is 0 Å². The molecule has 0 amide bonds. The second-order valence-electron chi connectivity index (χ2n) is 4.21. The Morgan fingerprint density at radius 2 is 1.82 bits per heavy atom. The molecule has 3 heteroatoms. The monoisotopic (exact) mass is 372 g/mol. The molecule has 2 aromatic rings. The van der Waals surface area contributed by atoms with E-state index in [0.717, 1.165) is 0 Å². The third-order valence-electron chi connectivity index (χ3n) is 2.85. The molecule has 1 unspecified atom stereocenters. The molecule has 1 atom stereocenters. The number of alkyl halides is 1. The van der Waals surface area contributed by atoms with Gasteiger partial charge in [-0.2, -0.15) is 0 Å². The van der Waals surface area contributed by atoms with Gasteiger partial charge in [-0.15, -0.1) is 11.3 Å². The zero-order valence-electron chi connectivity index (χ0n) is 10.1. The Kier molecular flexibility index (Phi) is 4.11. The zero-order valence-corrected chi connectivity index (χ0v) is 14.0. The second-order valence-corrected chi connectivity index (χ2v) is 7.38. The summed E-state index contributed by atoms with van der Waals surface area (Å²) in [5.41, 5.74) is 3.95. The molecular formula is C14H14Br2S. The zero-order chi connectivity index (χ0) is 12.6. The van der Waals surface area contributed by atoms with Gasteiger partial charge in [-0.25, -0.2) is 0 Å². The summed E-state index contributed by atoms with van der Waals surface area (Å²) in [7, 11) is 0. The first-order valence-corrected chi connectivity index (χ1v) is 7.99. The number of hydrogen-bond acceptors (Lipinski definition) is 1. The number of benzene rings is 1. The lowest BCUT2D eigenvalue weighted by molar-refractivity contribution is 1.14. The molecule has 0 fully saturated rings. The Balaban J connectivity index is 2.47. The summed E-state index contributed by atoms with van der Waals surface area (Å²) in [6, 6.07) is 8.68. The van der Waals surface area contributed by atoms with Gasteiger partial charge in [-0.3, -0.25) is 0 Å². The number of thiophene rings is 1. The minimum Gasteiger partial charge on any atom is -0.146 e. The molecule has 1 aromatic carbocycles. The van der Waals surface area contributed by atoms with Crippen molar-refractivity contribution in [2.45, 2.75) is 25.6 Å². The quantitative estimate of drug-likeness (QED) is 0.573. The fraction of sp³-hybridized carbons (Fsp3) is 0.286. The van der Waals surface area contributed by atoms with E-state index in [4.69, 9.17) is 0 Å².